The molecule has 0 saturated heterocycles. The highest BCUT2D eigenvalue weighted by atomic mass is 32.2. The fraction of sp³-hybridized carbons (Fsp3) is 0.533. The van der Waals surface area contributed by atoms with Gasteiger partial charge in [-0.25, -0.2) is 0 Å². The van der Waals surface area contributed by atoms with Gasteiger partial charge in [0.1, 0.15) is 17.4 Å². The summed E-state index contributed by atoms with van der Waals surface area (Å²) in [5.41, 5.74) is 0.625. The van der Waals surface area contributed by atoms with Crippen molar-refractivity contribution in [2.75, 3.05) is 39.3 Å². The van der Waals surface area contributed by atoms with Crippen LogP contribution in [0.15, 0.2) is 23.1 Å². The third-order valence-corrected chi connectivity index (χ3v) is 3.46. The molecule has 1 aromatic rings. The molecule has 0 N–H and O–H groups in total. The van der Waals surface area contributed by atoms with Crippen LogP contribution in [0, 0.1) is 11.3 Å². The molecular weight excluding hydrogens is 274 g/mol. The number of methoxy groups -OCH3 is 1. The highest BCUT2D eigenvalue weighted by Crippen LogP contribution is 2.29. The van der Waals surface area contributed by atoms with Crippen molar-refractivity contribution in [2.45, 2.75) is 18.2 Å². The maximum absolute atomic E-state index is 9.24. The molecule has 110 valence electrons. The van der Waals surface area contributed by atoms with E-state index in [2.05, 4.69) is 13.0 Å². The lowest BCUT2D eigenvalue weighted by Gasteiger charge is -2.10. The van der Waals surface area contributed by atoms with E-state index >= 15 is 0 Å². The quantitative estimate of drug-likeness (QED) is 0.490. The summed E-state index contributed by atoms with van der Waals surface area (Å²) in [6, 6.07) is 7.93. The van der Waals surface area contributed by atoms with Crippen molar-refractivity contribution in [2.24, 2.45) is 0 Å². The summed E-state index contributed by atoms with van der Waals surface area (Å²) in [7, 11) is 1.65. The van der Waals surface area contributed by atoms with Crippen LogP contribution in [-0.2, 0) is 9.47 Å². The summed E-state index contributed by atoms with van der Waals surface area (Å²) < 4.78 is 15.9. The predicted molar refractivity (Wildman–Crippen MR) is 80.4 cm³/mol. The van der Waals surface area contributed by atoms with E-state index in [-0.39, 0.29) is 0 Å². The van der Waals surface area contributed by atoms with Gasteiger partial charge in [0.25, 0.3) is 0 Å². The van der Waals surface area contributed by atoms with Crippen molar-refractivity contribution in [3.63, 3.8) is 0 Å². The van der Waals surface area contributed by atoms with Crippen LogP contribution in [0.5, 0.6) is 5.75 Å². The fourth-order valence-electron chi connectivity index (χ4n) is 1.60. The number of ether oxygens (including phenoxy) is 3. The van der Waals surface area contributed by atoms with E-state index in [1.165, 1.54) is 0 Å². The second-order valence-electron chi connectivity index (χ2n) is 3.98. The first-order chi connectivity index (χ1) is 9.83. The lowest BCUT2D eigenvalue weighted by Crippen LogP contribution is -2.07. The van der Waals surface area contributed by atoms with E-state index in [0.29, 0.717) is 37.7 Å². The predicted octanol–water partition coefficient (Wildman–Crippen LogP) is 3.10. The minimum atomic E-state index is 0.544. The first-order valence-corrected chi connectivity index (χ1v) is 7.67. The van der Waals surface area contributed by atoms with Crippen molar-refractivity contribution in [3.8, 4) is 11.8 Å². The Morgan fingerprint density at radius 2 is 2.05 bits per heavy atom. The van der Waals surface area contributed by atoms with E-state index in [1.807, 2.05) is 18.2 Å². The molecule has 0 aromatic heterocycles. The lowest BCUT2D eigenvalue weighted by atomic mass is 10.2. The van der Waals surface area contributed by atoms with Gasteiger partial charge in [0.05, 0.1) is 19.8 Å². The molecule has 0 bridgehead atoms. The molecule has 0 aliphatic carbocycles. The monoisotopic (exact) mass is 295 g/mol. The van der Waals surface area contributed by atoms with Gasteiger partial charge >= 0.3 is 0 Å². The molecule has 0 radical (unpaired) electrons. The molecule has 0 aliphatic heterocycles. The summed E-state index contributed by atoms with van der Waals surface area (Å²) in [5.74, 6) is 1.59. The Morgan fingerprint density at radius 3 is 2.75 bits per heavy atom. The second kappa shape index (κ2) is 10.6. The molecule has 0 spiro atoms. The highest BCUT2D eigenvalue weighted by molar-refractivity contribution is 7.99. The van der Waals surface area contributed by atoms with Gasteiger partial charge < -0.3 is 14.2 Å². The maximum atomic E-state index is 9.24. The van der Waals surface area contributed by atoms with Crippen LogP contribution in [0.1, 0.15) is 18.9 Å². The maximum Gasteiger partial charge on any atom is 0.138 e. The Labute approximate surface area is 125 Å². The van der Waals surface area contributed by atoms with E-state index in [4.69, 9.17) is 14.2 Å². The summed E-state index contributed by atoms with van der Waals surface area (Å²) >= 11 is 1.65. The standard InChI is InChI=1S/C15H21NO3S/c1-3-20-15-7-4-6-14(13(15)12-16)19-9-5-8-18-11-10-17-2/h4,6-7H,3,5,8-11H2,1-2H3. The number of rotatable bonds is 10. The van der Waals surface area contributed by atoms with Crippen LogP contribution >= 0.6 is 11.8 Å². The topological polar surface area (TPSA) is 51.5 Å². The number of benzene rings is 1. The molecular formula is C15H21NO3S. The summed E-state index contributed by atoms with van der Waals surface area (Å²) in [6.07, 6.45) is 0.791. The molecule has 0 amide bonds. The Hall–Kier alpha value is -1.22. The lowest BCUT2D eigenvalue weighted by molar-refractivity contribution is 0.0644. The Bertz CT molecular complexity index is 432. The van der Waals surface area contributed by atoms with Crippen LogP contribution in [-0.4, -0.2) is 39.3 Å². The number of nitrogens with zero attached hydrogens (tertiary/aromatic N) is 1. The van der Waals surface area contributed by atoms with Crippen molar-refractivity contribution in [3.05, 3.63) is 23.8 Å². The molecule has 0 atom stereocenters. The Balaban J connectivity index is 2.40. The van der Waals surface area contributed by atoms with E-state index in [1.54, 1.807) is 18.9 Å². The second-order valence-corrected chi connectivity index (χ2v) is 5.29. The zero-order valence-corrected chi connectivity index (χ0v) is 12.9. The zero-order chi connectivity index (χ0) is 14.6. The van der Waals surface area contributed by atoms with Crippen LogP contribution < -0.4 is 4.74 Å². The molecule has 0 aliphatic rings. The minimum absolute atomic E-state index is 0.544. The molecule has 4 nitrogen and oxygen atoms in total. The van der Waals surface area contributed by atoms with E-state index in [9.17, 15) is 5.26 Å². The van der Waals surface area contributed by atoms with Crippen molar-refractivity contribution in [1.29, 1.82) is 5.26 Å². The number of nitriles is 1. The molecule has 0 saturated carbocycles. The zero-order valence-electron chi connectivity index (χ0n) is 12.1. The minimum Gasteiger partial charge on any atom is -0.492 e. The smallest absolute Gasteiger partial charge is 0.138 e. The largest absolute Gasteiger partial charge is 0.492 e. The normalized spacial score (nSPS) is 10.2. The average molecular weight is 295 g/mol. The third-order valence-electron chi connectivity index (χ3n) is 2.52. The van der Waals surface area contributed by atoms with Crippen LogP contribution in [0.4, 0.5) is 0 Å². The van der Waals surface area contributed by atoms with E-state index in [0.717, 1.165) is 17.1 Å². The van der Waals surface area contributed by atoms with Crippen LogP contribution in [0.3, 0.4) is 0 Å². The van der Waals surface area contributed by atoms with Gasteiger partial charge in [-0.1, -0.05) is 13.0 Å². The van der Waals surface area contributed by atoms with Gasteiger partial charge in [-0.05, 0) is 17.9 Å². The molecule has 0 fully saturated rings. The van der Waals surface area contributed by atoms with Crippen molar-refractivity contribution in [1.82, 2.24) is 0 Å². The Morgan fingerprint density at radius 1 is 1.20 bits per heavy atom. The van der Waals surface area contributed by atoms with Gasteiger partial charge in [-0.3, -0.25) is 0 Å². The van der Waals surface area contributed by atoms with Gasteiger partial charge in [-0.15, -0.1) is 11.8 Å². The van der Waals surface area contributed by atoms with Gasteiger partial charge in [-0.2, -0.15) is 5.26 Å². The molecule has 20 heavy (non-hydrogen) atoms. The summed E-state index contributed by atoms with van der Waals surface area (Å²) in [5, 5.41) is 9.24. The first kappa shape index (κ1) is 16.8. The van der Waals surface area contributed by atoms with E-state index < -0.39 is 0 Å². The molecule has 5 heteroatoms. The number of hydrogen-bond donors (Lipinski definition) is 0. The molecule has 1 rings (SSSR count). The fourth-order valence-corrected chi connectivity index (χ4v) is 2.38. The molecule has 0 heterocycles. The number of thioether (sulfide) groups is 1. The molecule has 1 aromatic carbocycles. The van der Waals surface area contributed by atoms with Crippen LogP contribution in [0.25, 0.3) is 0 Å². The van der Waals surface area contributed by atoms with Crippen molar-refractivity contribution >= 4 is 11.8 Å². The average Bonchev–Trinajstić information content (AvgIpc) is 2.47. The molecule has 0 unspecified atom stereocenters. The third kappa shape index (κ3) is 5.83. The number of hydrogen-bond acceptors (Lipinski definition) is 5. The van der Waals surface area contributed by atoms with Crippen molar-refractivity contribution < 1.29 is 14.2 Å². The summed E-state index contributed by atoms with van der Waals surface area (Å²) in [4.78, 5) is 0.976. The summed E-state index contributed by atoms with van der Waals surface area (Å²) in [6.45, 7) is 4.45. The van der Waals surface area contributed by atoms with Gasteiger partial charge in [0.2, 0.25) is 0 Å². The van der Waals surface area contributed by atoms with Gasteiger partial charge in [0, 0.05) is 25.0 Å². The highest BCUT2D eigenvalue weighted by Gasteiger charge is 2.08. The Kier molecular flexibility index (Phi) is 8.88. The first-order valence-electron chi connectivity index (χ1n) is 6.68. The van der Waals surface area contributed by atoms with Gasteiger partial charge in [0.15, 0.2) is 0 Å². The van der Waals surface area contributed by atoms with Crippen LogP contribution in [0.2, 0.25) is 0 Å². The SMILES string of the molecule is CCSc1cccc(OCCCOCCOC)c1C#N.